The zero-order valence-corrected chi connectivity index (χ0v) is 12.4. The molecule has 0 unspecified atom stereocenters. The van der Waals surface area contributed by atoms with Gasteiger partial charge in [0, 0.05) is 0 Å². The van der Waals surface area contributed by atoms with Gasteiger partial charge in [0.05, 0.1) is 36.3 Å². The molecule has 0 amide bonds. The Morgan fingerprint density at radius 1 is 1.48 bits per heavy atom. The van der Waals surface area contributed by atoms with Crippen molar-refractivity contribution in [1.29, 1.82) is 0 Å². The van der Waals surface area contributed by atoms with E-state index in [0.29, 0.717) is 0 Å². The third-order valence-corrected chi connectivity index (χ3v) is 2.38. The highest BCUT2D eigenvalue weighted by Crippen LogP contribution is 2.29. The van der Waals surface area contributed by atoms with Crippen molar-refractivity contribution in [3.8, 4) is 5.88 Å². The number of aliphatic hydroxyl groups is 1. The van der Waals surface area contributed by atoms with Crippen molar-refractivity contribution in [2.45, 2.75) is 39.4 Å². The normalized spacial score (nSPS) is 11.1. The molecule has 0 aliphatic carbocycles. The average molecular weight is 298 g/mol. The first-order valence-corrected chi connectivity index (χ1v) is 6.21. The topological polar surface area (TPSA) is 112 Å². The average Bonchev–Trinajstić information content (AvgIpc) is 2.34. The van der Waals surface area contributed by atoms with E-state index in [1.54, 1.807) is 20.8 Å². The van der Waals surface area contributed by atoms with Crippen molar-refractivity contribution in [3.05, 3.63) is 27.4 Å². The summed E-state index contributed by atoms with van der Waals surface area (Å²) >= 11 is 0. The van der Waals surface area contributed by atoms with Crippen LogP contribution in [0.5, 0.6) is 5.88 Å². The van der Waals surface area contributed by atoms with Crippen LogP contribution in [0.15, 0.2) is 6.07 Å². The predicted octanol–water partition coefficient (Wildman–Crippen LogP) is 1.37. The summed E-state index contributed by atoms with van der Waals surface area (Å²) in [5, 5.41) is 20.2. The molecule has 21 heavy (non-hydrogen) atoms. The molecule has 0 fully saturated rings. The Balaban J connectivity index is 3.10. The lowest BCUT2D eigenvalue weighted by Gasteiger charge is -2.19. The molecule has 0 saturated heterocycles. The molecule has 1 rings (SSSR count). The molecule has 0 bridgehead atoms. The number of hydrogen-bond acceptors (Lipinski definition) is 7. The van der Waals surface area contributed by atoms with Crippen LogP contribution < -0.4 is 4.74 Å². The first kappa shape index (κ1) is 16.8. The maximum Gasteiger partial charge on any atom is 0.336 e. The molecule has 0 aliphatic heterocycles. The predicted molar refractivity (Wildman–Crippen MR) is 72.9 cm³/mol. The molecule has 0 radical (unpaired) electrons. The molecule has 8 heteroatoms. The highest BCUT2D eigenvalue weighted by molar-refractivity contribution is 5.72. The summed E-state index contributed by atoms with van der Waals surface area (Å²) in [7, 11) is 1.23. The number of carbonyl (C=O) groups is 1. The van der Waals surface area contributed by atoms with Crippen molar-refractivity contribution in [2.75, 3.05) is 7.11 Å². The van der Waals surface area contributed by atoms with Crippen molar-refractivity contribution in [1.82, 2.24) is 4.98 Å². The Morgan fingerprint density at radius 2 is 2.10 bits per heavy atom. The molecular formula is C13H18N2O6. The van der Waals surface area contributed by atoms with E-state index in [0.717, 1.165) is 0 Å². The van der Waals surface area contributed by atoms with Crippen molar-refractivity contribution < 1.29 is 24.3 Å². The molecule has 1 N–H and O–H groups in total. The van der Waals surface area contributed by atoms with Crippen molar-refractivity contribution in [3.63, 3.8) is 0 Å². The van der Waals surface area contributed by atoms with Gasteiger partial charge >= 0.3 is 11.7 Å². The number of hydrogen-bond donors (Lipinski definition) is 1. The van der Waals surface area contributed by atoms with Crippen LogP contribution >= 0.6 is 0 Å². The zero-order chi connectivity index (χ0) is 16.2. The molecule has 0 aliphatic rings. The number of nitro groups is 1. The standard InChI is InChI=1S/C13H18N2O6/c1-13(2,3)21-10(17)6-9-5-8(7-16)11(15(18)19)12(14-9)20-4/h5,16H,6-7H2,1-4H3. The van der Waals surface area contributed by atoms with Gasteiger partial charge in [0.15, 0.2) is 0 Å². The number of aliphatic hydroxyl groups excluding tert-OH is 1. The van der Waals surface area contributed by atoms with E-state index < -0.39 is 28.8 Å². The van der Waals surface area contributed by atoms with Gasteiger partial charge in [0.2, 0.25) is 0 Å². The molecule has 1 heterocycles. The highest BCUT2D eigenvalue weighted by atomic mass is 16.6. The molecule has 0 saturated carbocycles. The summed E-state index contributed by atoms with van der Waals surface area (Å²) in [4.78, 5) is 25.9. The van der Waals surface area contributed by atoms with Gasteiger partial charge in [-0.1, -0.05) is 0 Å². The molecule has 1 aromatic rings. The second kappa shape index (κ2) is 6.49. The number of carbonyl (C=O) groups excluding carboxylic acids is 1. The van der Waals surface area contributed by atoms with Gasteiger partial charge in [-0.15, -0.1) is 0 Å². The number of pyridine rings is 1. The highest BCUT2D eigenvalue weighted by Gasteiger charge is 2.25. The number of methoxy groups -OCH3 is 1. The van der Waals surface area contributed by atoms with E-state index >= 15 is 0 Å². The quantitative estimate of drug-likeness (QED) is 0.496. The van der Waals surface area contributed by atoms with Gasteiger partial charge in [-0.05, 0) is 26.8 Å². The monoisotopic (exact) mass is 298 g/mol. The van der Waals surface area contributed by atoms with Crippen LogP contribution in [-0.4, -0.2) is 33.7 Å². The lowest BCUT2D eigenvalue weighted by molar-refractivity contribution is -0.387. The molecule has 0 spiro atoms. The second-order valence-corrected chi connectivity index (χ2v) is 5.31. The summed E-state index contributed by atoms with van der Waals surface area (Å²) in [5.74, 6) is -0.764. The maximum absolute atomic E-state index is 11.7. The maximum atomic E-state index is 11.7. The fourth-order valence-corrected chi connectivity index (χ4v) is 1.70. The van der Waals surface area contributed by atoms with E-state index in [4.69, 9.17) is 9.47 Å². The van der Waals surface area contributed by atoms with E-state index in [1.807, 2.05) is 0 Å². The molecule has 1 aromatic heterocycles. The number of ether oxygens (including phenoxy) is 2. The number of rotatable bonds is 5. The fourth-order valence-electron chi connectivity index (χ4n) is 1.70. The van der Waals surface area contributed by atoms with Gasteiger partial charge in [-0.25, -0.2) is 4.98 Å². The largest absolute Gasteiger partial charge is 0.476 e. The molecular weight excluding hydrogens is 280 g/mol. The third kappa shape index (κ3) is 4.67. The van der Waals surface area contributed by atoms with Gasteiger partial charge in [0.25, 0.3) is 5.88 Å². The number of aromatic nitrogens is 1. The SMILES string of the molecule is COc1nc(CC(=O)OC(C)(C)C)cc(CO)c1[N+](=O)[O-]. The molecule has 116 valence electrons. The van der Waals surface area contributed by atoms with E-state index in [9.17, 15) is 20.0 Å². The lowest BCUT2D eigenvalue weighted by Crippen LogP contribution is -2.25. The van der Waals surface area contributed by atoms with Gasteiger partial charge in [-0.2, -0.15) is 0 Å². The van der Waals surface area contributed by atoms with Crippen molar-refractivity contribution >= 4 is 11.7 Å². The first-order chi connectivity index (χ1) is 9.67. The minimum atomic E-state index is -0.686. The minimum Gasteiger partial charge on any atom is -0.476 e. The Bertz CT molecular complexity index is 525. The van der Waals surface area contributed by atoms with Gasteiger partial charge < -0.3 is 14.6 Å². The van der Waals surface area contributed by atoms with Crippen LogP contribution in [0.25, 0.3) is 0 Å². The second-order valence-electron chi connectivity index (χ2n) is 5.31. The fraction of sp³-hybridized carbons (Fsp3) is 0.538. The first-order valence-electron chi connectivity index (χ1n) is 6.21. The van der Waals surface area contributed by atoms with Crippen LogP contribution in [-0.2, 0) is 22.6 Å². The van der Waals surface area contributed by atoms with Crippen LogP contribution in [0.3, 0.4) is 0 Å². The Labute approximate surface area is 121 Å². The lowest BCUT2D eigenvalue weighted by atomic mass is 10.1. The van der Waals surface area contributed by atoms with E-state index in [2.05, 4.69) is 4.98 Å². The zero-order valence-electron chi connectivity index (χ0n) is 12.4. The Hall–Kier alpha value is -2.22. The van der Waals surface area contributed by atoms with Crippen LogP contribution in [0, 0.1) is 10.1 Å². The van der Waals surface area contributed by atoms with Crippen molar-refractivity contribution in [2.24, 2.45) is 0 Å². The van der Waals surface area contributed by atoms with E-state index in [-0.39, 0.29) is 23.6 Å². The summed E-state index contributed by atoms with van der Waals surface area (Å²) in [6.45, 7) is 4.63. The minimum absolute atomic E-state index is 0.0328. The molecule has 0 aromatic carbocycles. The van der Waals surface area contributed by atoms with Gasteiger partial charge in [-0.3, -0.25) is 14.9 Å². The smallest absolute Gasteiger partial charge is 0.336 e. The summed E-state index contributed by atoms with van der Waals surface area (Å²) < 4.78 is 10.0. The van der Waals surface area contributed by atoms with Crippen LogP contribution in [0.2, 0.25) is 0 Å². The Morgan fingerprint density at radius 3 is 2.52 bits per heavy atom. The molecule has 0 atom stereocenters. The van der Waals surface area contributed by atoms with Crippen LogP contribution in [0.1, 0.15) is 32.0 Å². The number of esters is 1. The summed E-state index contributed by atoms with van der Waals surface area (Å²) in [5.41, 5.74) is -0.782. The number of nitrogens with zero attached hydrogens (tertiary/aromatic N) is 2. The van der Waals surface area contributed by atoms with Gasteiger partial charge in [0.1, 0.15) is 5.60 Å². The van der Waals surface area contributed by atoms with Crippen LogP contribution in [0.4, 0.5) is 5.69 Å². The summed E-state index contributed by atoms with van der Waals surface area (Å²) in [6, 6.07) is 1.30. The Kier molecular flexibility index (Phi) is 5.20. The molecule has 8 nitrogen and oxygen atoms in total. The van der Waals surface area contributed by atoms with E-state index in [1.165, 1.54) is 13.2 Å². The summed E-state index contributed by atoms with van der Waals surface area (Å²) in [6.07, 6.45) is -0.168. The third-order valence-electron chi connectivity index (χ3n) is 2.38.